The van der Waals surface area contributed by atoms with Crippen LogP contribution < -0.4 is 0 Å². The first-order valence-electron chi connectivity index (χ1n) is 35.9. The second-order valence-corrected chi connectivity index (χ2v) is 38.9. The third-order valence-corrected chi connectivity index (χ3v) is 22.9. The van der Waals surface area contributed by atoms with Crippen molar-refractivity contribution in [3.63, 3.8) is 0 Å². The summed E-state index contributed by atoms with van der Waals surface area (Å²) in [6.07, 6.45) is 40.7. The van der Waals surface area contributed by atoms with Gasteiger partial charge in [0.2, 0.25) is 6.04 Å². The molecular formula is C80H151N3. The minimum Gasteiger partial charge on any atom is -0.314 e. The third-order valence-electron chi connectivity index (χ3n) is 22.9. The average Bonchev–Trinajstić information content (AvgIpc) is 3.74. The van der Waals surface area contributed by atoms with E-state index in [1.807, 2.05) is 0 Å². The van der Waals surface area contributed by atoms with Crippen LogP contribution in [0, 0.1) is 137 Å². The zero-order valence-electron chi connectivity index (χ0n) is 61.8. The second-order valence-electron chi connectivity index (χ2n) is 38.9. The van der Waals surface area contributed by atoms with Gasteiger partial charge in [0.05, 0.1) is 12.1 Å². The normalized spacial score (nSPS) is 29.1. The van der Waals surface area contributed by atoms with E-state index < -0.39 is 0 Å². The molecule has 7 aliphatic rings. The van der Waals surface area contributed by atoms with Gasteiger partial charge in [-0.3, -0.25) is 0 Å². The molecule has 0 bridgehead atoms. The Bertz CT molecular complexity index is 1840. The number of rotatable bonds is 0. The van der Waals surface area contributed by atoms with Gasteiger partial charge in [0.1, 0.15) is 0 Å². The molecule has 83 heavy (non-hydrogen) atoms. The van der Waals surface area contributed by atoms with Gasteiger partial charge in [0.25, 0.3) is 0 Å². The van der Waals surface area contributed by atoms with Crippen molar-refractivity contribution in [2.24, 2.45) is 107 Å². The summed E-state index contributed by atoms with van der Waals surface area (Å²) in [7, 11) is 0. The molecule has 0 aliphatic heterocycles. The molecule has 0 radical (unpaired) electrons. The Labute approximate surface area is 524 Å². The van der Waals surface area contributed by atoms with Crippen molar-refractivity contribution in [1.29, 1.82) is 10.5 Å². The van der Waals surface area contributed by atoms with Crippen LogP contribution in [0.3, 0.4) is 0 Å². The fourth-order valence-electron chi connectivity index (χ4n) is 16.4. The van der Waals surface area contributed by atoms with Crippen molar-refractivity contribution in [2.45, 2.75) is 386 Å². The molecule has 0 N–H and O–H groups in total. The van der Waals surface area contributed by atoms with E-state index in [1.165, 1.54) is 161 Å². The van der Waals surface area contributed by atoms with Gasteiger partial charge in [-0.15, -0.1) is 0 Å². The maximum atomic E-state index is 8.97. The molecule has 0 spiro atoms. The average molecular weight is 1160 g/mol. The molecule has 7 rings (SSSR count). The Balaban J connectivity index is 0.000000484. The van der Waals surface area contributed by atoms with Crippen molar-refractivity contribution in [3.8, 4) is 12.1 Å². The van der Waals surface area contributed by atoms with Gasteiger partial charge < -0.3 is 4.85 Å². The van der Waals surface area contributed by atoms with Crippen LogP contribution in [-0.4, -0.2) is 6.04 Å². The molecule has 0 aromatic rings. The van der Waals surface area contributed by atoms with Crippen molar-refractivity contribution in [2.75, 3.05) is 0 Å². The quantitative estimate of drug-likeness (QED) is 0.179. The highest BCUT2D eigenvalue weighted by atomic mass is 14.7. The summed E-state index contributed by atoms with van der Waals surface area (Å²) in [6.45, 7) is 70.8. The van der Waals surface area contributed by atoms with Gasteiger partial charge in [-0.25, -0.2) is 6.57 Å². The zero-order chi connectivity index (χ0) is 64.1. The molecule has 7 saturated carbocycles. The lowest BCUT2D eigenvalue weighted by atomic mass is 9.59. The molecule has 0 saturated heterocycles. The molecule has 3 nitrogen and oxygen atoms in total. The molecule has 3 heteroatoms. The Morgan fingerprint density at radius 2 is 0.771 bits per heavy atom. The van der Waals surface area contributed by atoms with Crippen LogP contribution in [0.1, 0.15) is 380 Å². The first kappa shape index (κ1) is 79.5. The van der Waals surface area contributed by atoms with E-state index in [9.17, 15) is 0 Å². The van der Waals surface area contributed by atoms with E-state index >= 15 is 0 Å². The van der Waals surface area contributed by atoms with Crippen LogP contribution in [0.15, 0.2) is 0 Å². The SMILES string of the molecule is CC(C)(C)C1CCCC(C#N)C1.CC(C)(C)C1CCCCC1(C)C.CC(C)(C)C1CCCCC1C#N.CC(C)(C)C1CCCCCC1.CC1(C)CCC(C(C)(C)C)CC1.CC1(C)CCCC(C(C)(C)C)C1.[C-]#[N+]C1CCC(C(C)(C)C)CC1. The summed E-state index contributed by atoms with van der Waals surface area (Å²) in [6, 6.07) is 5.20. The van der Waals surface area contributed by atoms with Gasteiger partial charge in [0.15, 0.2) is 0 Å². The van der Waals surface area contributed by atoms with E-state index in [-0.39, 0.29) is 0 Å². The van der Waals surface area contributed by atoms with Crippen LogP contribution in [0.4, 0.5) is 0 Å². The summed E-state index contributed by atoms with van der Waals surface area (Å²) < 4.78 is 0. The minimum atomic E-state index is 0.318. The molecule has 0 amide bonds. The first-order chi connectivity index (χ1) is 37.7. The lowest BCUT2D eigenvalue weighted by molar-refractivity contribution is 0.0413. The molecular weight excluding hydrogens is 1000 g/mol. The van der Waals surface area contributed by atoms with E-state index in [2.05, 4.69) is 204 Å². The van der Waals surface area contributed by atoms with Crippen molar-refractivity contribution in [3.05, 3.63) is 11.4 Å². The molecule has 6 unspecified atom stereocenters. The summed E-state index contributed by atoms with van der Waals surface area (Å²) in [5.41, 5.74) is 5.11. The van der Waals surface area contributed by atoms with Crippen molar-refractivity contribution < 1.29 is 0 Å². The molecule has 0 aromatic heterocycles. The van der Waals surface area contributed by atoms with Crippen LogP contribution in [0.25, 0.3) is 4.85 Å². The largest absolute Gasteiger partial charge is 0.314 e. The maximum absolute atomic E-state index is 8.97. The van der Waals surface area contributed by atoms with E-state index in [1.54, 1.807) is 0 Å². The smallest absolute Gasteiger partial charge is 0.223 e. The summed E-state index contributed by atoms with van der Waals surface area (Å²) >= 11 is 0. The van der Waals surface area contributed by atoms with Crippen LogP contribution in [0.5, 0.6) is 0 Å². The third kappa shape index (κ3) is 32.0. The predicted molar refractivity (Wildman–Crippen MR) is 369 cm³/mol. The Kier molecular flexibility index (Phi) is 33.0. The molecule has 7 aliphatic carbocycles. The molecule has 0 heterocycles. The van der Waals surface area contributed by atoms with Gasteiger partial charge in [-0.2, -0.15) is 10.5 Å². The number of hydrogen-bond acceptors (Lipinski definition) is 2. The van der Waals surface area contributed by atoms with Gasteiger partial charge in [-0.1, -0.05) is 251 Å². The Hall–Kier alpha value is -1.53. The van der Waals surface area contributed by atoms with E-state index in [0.717, 1.165) is 67.6 Å². The van der Waals surface area contributed by atoms with E-state index in [0.29, 0.717) is 77.9 Å². The summed E-state index contributed by atoms with van der Waals surface area (Å²) in [5.74, 6) is 6.69. The first-order valence-corrected chi connectivity index (χ1v) is 35.9. The standard InChI is InChI=1S/3C12H24.3C11H19N.C11H22/c1-11(2,3)10-6-8-12(4,5)9-7-10;1-11(2,3)10-7-6-8-12(4,5)9-10;1-11(2,3)10-8-6-7-9-12(10,4)5;1-11(2,3)9-5-7-10(12-4)8-6-9;1-11(2,3)10-6-4-5-9(7-10)8-12;1-11(2,3)10-7-5-4-6-9(10)8-12;1-11(2,3)10-8-6-4-5-7-9-10/h3*10H,6-9H2,1-5H3;9-10H,5-8H2,1-3H3;2*9-10H,4-7H2,1-3H3;10H,4-9H2,1-3H3. The Morgan fingerprint density at radius 3 is 1.14 bits per heavy atom. The van der Waals surface area contributed by atoms with Crippen molar-refractivity contribution >= 4 is 0 Å². The lowest BCUT2D eigenvalue weighted by Crippen LogP contribution is -2.36. The zero-order valence-corrected chi connectivity index (χ0v) is 61.8. The van der Waals surface area contributed by atoms with Crippen LogP contribution >= 0.6 is 0 Å². The lowest BCUT2D eigenvalue weighted by Gasteiger charge is -2.46. The molecule has 486 valence electrons. The summed E-state index contributed by atoms with van der Waals surface area (Å²) in [5, 5.41) is 17.8. The van der Waals surface area contributed by atoms with Crippen LogP contribution in [-0.2, 0) is 0 Å². The molecule has 6 atom stereocenters. The van der Waals surface area contributed by atoms with E-state index in [4.69, 9.17) is 17.1 Å². The Morgan fingerprint density at radius 1 is 0.349 bits per heavy atom. The number of nitriles is 2. The minimum absolute atomic E-state index is 0.318. The fraction of sp³-hybridized carbons (Fsp3) is 0.963. The monoisotopic (exact) mass is 1150 g/mol. The van der Waals surface area contributed by atoms with Crippen LogP contribution in [0.2, 0.25) is 0 Å². The number of nitrogens with zero attached hydrogens (tertiary/aromatic N) is 3. The highest BCUT2D eigenvalue weighted by molar-refractivity contribution is 4.96. The fourth-order valence-corrected chi connectivity index (χ4v) is 16.4. The van der Waals surface area contributed by atoms with Gasteiger partial charge in [0, 0.05) is 24.7 Å². The van der Waals surface area contributed by atoms with Crippen molar-refractivity contribution in [1.82, 2.24) is 0 Å². The predicted octanol–water partition coefficient (Wildman–Crippen LogP) is 27.0. The highest BCUT2D eigenvalue weighted by Gasteiger charge is 2.40. The number of hydrogen-bond donors (Lipinski definition) is 0. The maximum Gasteiger partial charge on any atom is 0.223 e. The molecule has 0 aromatic carbocycles. The summed E-state index contributed by atoms with van der Waals surface area (Å²) in [4.78, 5) is 3.61. The van der Waals surface area contributed by atoms with Gasteiger partial charge in [-0.05, 0) is 211 Å². The molecule has 7 fully saturated rings. The second kappa shape index (κ2) is 34.4. The highest BCUT2D eigenvalue weighted by Crippen LogP contribution is 2.50. The topological polar surface area (TPSA) is 51.9 Å². The van der Waals surface area contributed by atoms with Gasteiger partial charge >= 0.3 is 0 Å².